The zero-order valence-corrected chi connectivity index (χ0v) is 11.1. The molecule has 0 aliphatic rings. The normalized spacial score (nSPS) is 10.4. The van der Waals surface area contributed by atoms with Crippen LogP contribution in [0, 0.1) is 18.3 Å². The van der Waals surface area contributed by atoms with E-state index >= 15 is 0 Å². The van der Waals surface area contributed by atoms with Crippen molar-refractivity contribution in [2.24, 2.45) is 0 Å². The first-order valence-corrected chi connectivity index (χ1v) is 6.35. The molecule has 0 bridgehead atoms. The number of aryl methyl sites for hydroxylation is 1. The second-order valence-corrected chi connectivity index (χ2v) is 4.58. The summed E-state index contributed by atoms with van der Waals surface area (Å²) in [5.74, 6) is 0.671. The van der Waals surface area contributed by atoms with Gasteiger partial charge in [-0.25, -0.2) is 4.98 Å². The Labute approximate surface area is 116 Å². The van der Waals surface area contributed by atoms with Crippen LogP contribution >= 0.6 is 0 Å². The minimum absolute atomic E-state index is 0.671. The lowest BCUT2D eigenvalue weighted by Crippen LogP contribution is -1.99. The first-order chi connectivity index (χ1) is 9.74. The Hall–Kier alpha value is -2.80. The Balaban J connectivity index is 1.74. The summed E-state index contributed by atoms with van der Waals surface area (Å²) < 4.78 is 5.44. The summed E-state index contributed by atoms with van der Waals surface area (Å²) in [6.45, 7) is 2.54. The van der Waals surface area contributed by atoms with Gasteiger partial charge in [-0.15, -0.1) is 0 Å². The largest absolute Gasteiger partial charge is 0.441 e. The van der Waals surface area contributed by atoms with E-state index in [1.165, 1.54) is 0 Å². The molecule has 4 nitrogen and oxygen atoms in total. The third-order valence-electron chi connectivity index (χ3n) is 3.07. The Kier molecular flexibility index (Phi) is 3.10. The van der Waals surface area contributed by atoms with E-state index in [0.29, 0.717) is 18.0 Å². The van der Waals surface area contributed by atoms with Gasteiger partial charge >= 0.3 is 0 Å². The molecular formula is C16H13N3O. The van der Waals surface area contributed by atoms with Gasteiger partial charge in [-0.1, -0.05) is 12.1 Å². The number of rotatable bonds is 3. The first-order valence-electron chi connectivity index (χ1n) is 6.35. The molecule has 3 rings (SSSR count). The average molecular weight is 263 g/mol. The Bertz CT molecular complexity index is 782. The van der Waals surface area contributed by atoms with Gasteiger partial charge in [-0.2, -0.15) is 5.26 Å². The van der Waals surface area contributed by atoms with Crippen molar-refractivity contribution < 1.29 is 4.42 Å². The van der Waals surface area contributed by atoms with Gasteiger partial charge in [0.15, 0.2) is 11.5 Å². The molecule has 0 aliphatic heterocycles. The monoisotopic (exact) mass is 263 g/mol. The van der Waals surface area contributed by atoms with Crippen LogP contribution in [0.4, 0.5) is 5.69 Å². The highest BCUT2D eigenvalue weighted by molar-refractivity contribution is 5.77. The second-order valence-electron chi connectivity index (χ2n) is 4.58. The molecule has 0 aliphatic carbocycles. The van der Waals surface area contributed by atoms with Crippen LogP contribution in [0.2, 0.25) is 0 Å². The number of anilines is 1. The highest BCUT2D eigenvalue weighted by Crippen LogP contribution is 2.20. The van der Waals surface area contributed by atoms with Crippen molar-refractivity contribution in [2.45, 2.75) is 13.5 Å². The van der Waals surface area contributed by atoms with Crippen LogP contribution in [-0.2, 0) is 6.54 Å². The third kappa shape index (κ3) is 2.47. The maximum atomic E-state index is 8.76. The number of nitriles is 1. The molecule has 2 aromatic carbocycles. The maximum absolute atomic E-state index is 8.76. The molecule has 98 valence electrons. The summed E-state index contributed by atoms with van der Waals surface area (Å²) in [6, 6.07) is 15.5. The van der Waals surface area contributed by atoms with Crippen molar-refractivity contribution >= 4 is 16.8 Å². The number of fused-ring (bicyclic) bond motifs is 1. The predicted molar refractivity (Wildman–Crippen MR) is 77.2 cm³/mol. The highest BCUT2D eigenvalue weighted by Gasteiger charge is 2.03. The van der Waals surface area contributed by atoms with Gasteiger partial charge in [0.25, 0.3) is 0 Å². The molecule has 0 amide bonds. The number of aromatic nitrogens is 1. The van der Waals surface area contributed by atoms with Crippen LogP contribution in [0.3, 0.4) is 0 Å². The lowest BCUT2D eigenvalue weighted by molar-refractivity contribution is 0.561. The number of hydrogen-bond donors (Lipinski definition) is 1. The first kappa shape index (κ1) is 12.2. The van der Waals surface area contributed by atoms with Crippen molar-refractivity contribution in [3.8, 4) is 6.07 Å². The minimum Gasteiger partial charge on any atom is -0.441 e. The fourth-order valence-corrected chi connectivity index (χ4v) is 2.05. The molecule has 0 saturated heterocycles. The molecule has 1 aromatic heterocycles. The number of nitrogens with one attached hydrogen (secondary N) is 1. The summed E-state index contributed by atoms with van der Waals surface area (Å²) in [5, 5.41) is 12.1. The minimum atomic E-state index is 0.671. The lowest BCUT2D eigenvalue weighted by atomic mass is 10.1. The molecule has 0 spiro atoms. The van der Waals surface area contributed by atoms with Gasteiger partial charge in [0.2, 0.25) is 0 Å². The summed E-state index contributed by atoms with van der Waals surface area (Å²) in [7, 11) is 0. The fraction of sp³-hybridized carbons (Fsp3) is 0.125. The predicted octanol–water partition coefficient (Wildman–Crippen LogP) is 3.62. The standard InChI is InChI=1S/C16H13N3O/c1-11-19-15-8-14(6-7-16(15)20-11)18-10-13-4-2-12(9-17)3-5-13/h2-8,18H,10H2,1H3. The number of nitrogens with zero attached hydrogens (tertiary/aromatic N) is 2. The molecule has 4 heteroatoms. The molecule has 0 fully saturated rings. The summed E-state index contributed by atoms with van der Waals surface area (Å²) >= 11 is 0. The van der Waals surface area contributed by atoms with Gasteiger partial charge in [-0.3, -0.25) is 0 Å². The zero-order chi connectivity index (χ0) is 13.9. The Morgan fingerprint density at radius 1 is 1.20 bits per heavy atom. The van der Waals surface area contributed by atoms with Gasteiger partial charge in [0.05, 0.1) is 11.6 Å². The van der Waals surface area contributed by atoms with Gasteiger partial charge < -0.3 is 9.73 Å². The van der Waals surface area contributed by atoms with Crippen molar-refractivity contribution in [3.05, 3.63) is 59.5 Å². The molecule has 0 unspecified atom stereocenters. The van der Waals surface area contributed by atoms with E-state index < -0.39 is 0 Å². The van der Waals surface area contributed by atoms with Crippen LogP contribution in [0.5, 0.6) is 0 Å². The molecule has 1 N–H and O–H groups in total. The molecule has 0 saturated carbocycles. The van der Waals surface area contributed by atoms with E-state index in [1.54, 1.807) is 0 Å². The van der Waals surface area contributed by atoms with Crippen LogP contribution in [0.1, 0.15) is 17.0 Å². The van der Waals surface area contributed by atoms with Crippen LogP contribution in [-0.4, -0.2) is 4.98 Å². The maximum Gasteiger partial charge on any atom is 0.192 e. The highest BCUT2D eigenvalue weighted by atomic mass is 16.3. The quantitative estimate of drug-likeness (QED) is 0.784. The number of benzene rings is 2. The molecule has 1 heterocycles. The smallest absolute Gasteiger partial charge is 0.192 e. The summed E-state index contributed by atoms with van der Waals surface area (Å²) in [5.41, 5.74) is 4.45. The molecule has 20 heavy (non-hydrogen) atoms. The Morgan fingerprint density at radius 2 is 2.00 bits per heavy atom. The Morgan fingerprint density at radius 3 is 2.75 bits per heavy atom. The number of hydrogen-bond acceptors (Lipinski definition) is 4. The van der Waals surface area contributed by atoms with Crippen molar-refractivity contribution in [1.29, 1.82) is 5.26 Å². The zero-order valence-electron chi connectivity index (χ0n) is 11.1. The van der Waals surface area contributed by atoms with E-state index in [4.69, 9.17) is 9.68 Å². The lowest BCUT2D eigenvalue weighted by Gasteiger charge is -2.06. The van der Waals surface area contributed by atoms with Crippen LogP contribution in [0.25, 0.3) is 11.1 Å². The molecule has 0 radical (unpaired) electrons. The topological polar surface area (TPSA) is 61.9 Å². The summed E-state index contributed by atoms with van der Waals surface area (Å²) in [4.78, 5) is 4.31. The van der Waals surface area contributed by atoms with E-state index in [2.05, 4.69) is 16.4 Å². The summed E-state index contributed by atoms with van der Waals surface area (Å²) in [6.07, 6.45) is 0. The molecule has 0 atom stereocenters. The SMILES string of the molecule is Cc1nc2cc(NCc3ccc(C#N)cc3)ccc2o1. The molecular weight excluding hydrogens is 250 g/mol. The van der Waals surface area contributed by atoms with Gasteiger partial charge in [0.1, 0.15) is 5.52 Å². The van der Waals surface area contributed by atoms with Crippen LogP contribution < -0.4 is 5.32 Å². The van der Waals surface area contributed by atoms with Gasteiger partial charge in [0, 0.05) is 19.2 Å². The van der Waals surface area contributed by atoms with Crippen molar-refractivity contribution in [3.63, 3.8) is 0 Å². The second kappa shape index (κ2) is 5.06. The average Bonchev–Trinajstić information content (AvgIpc) is 2.85. The molecule has 3 aromatic rings. The van der Waals surface area contributed by atoms with Crippen molar-refractivity contribution in [1.82, 2.24) is 4.98 Å². The van der Waals surface area contributed by atoms with E-state index in [1.807, 2.05) is 49.4 Å². The third-order valence-corrected chi connectivity index (χ3v) is 3.07. The van der Waals surface area contributed by atoms with E-state index in [0.717, 1.165) is 22.4 Å². The van der Waals surface area contributed by atoms with E-state index in [9.17, 15) is 0 Å². The number of oxazole rings is 1. The van der Waals surface area contributed by atoms with Crippen molar-refractivity contribution in [2.75, 3.05) is 5.32 Å². The van der Waals surface area contributed by atoms with Crippen LogP contribution in [0.15, 0.2) is 46.9 Å². The van der Waals surface area contributed by atoms with E-state index in [-0.39, 0.29) is 0 Å². The fourth-order valence-electron chi connectivity index (χ4n) is 2.05. The van der Waals surface area contributed by atoms with Gasteiger partial charge in [-0.05, 0) is 35.9 Å².